The first-order valence-electron chi connectivity index (χ1n) is 5.18. The molecule has 0 spiro atoms. The minimum Gasteiger partial charge on any atom is -0.497 e. The standard InChI is InChI=1S/C12H18N2O2.ClH/c1-9(13)12(15)14(2)8-10-5-4-6-11(7-10)16-3;/h4-7,9H,8,13H2,1-3H3;1H. The number of carbonyl (C=O) groups excluding carboxylic acids is 1. The molecule has 0 saturated heterocycles. The van der Waals surface area contributed by atoms with Gasteiger partial charge in [-0.3, -0.25) is 4.79 Å². The van der Waals surface area contributed by atoms with E-state index in [1.54, 1.807) is 26.0 Å². The number of hydrogen-bond acceptors (Lipinski definition) is 3. The van der Waals surface area contributed by atoms with Crippen LogP contribution in [0.4, 0.5) is 0 Å². The third-order valence-electron chi connectivity index (χ3n) is 2.32. The second kappa shape index (κ2) is 7.14. The molecular weight excluding hydrogens is 240 g/mol. The van der Waals surface area contributed by atoms with Crippen molar-refractivity contribution in [2.45, 2.75) is 19.5 Å². The van der Waals surface area contributed by atoms with Gasteiger partial charge in [-0.25, -0.2) is 0 Å². The molecule has 0 aromatic heterocycles. The Bertz CT molecular complexity index is 369. The fourth-order valence-corrected chi connectivity index (χ4v) is 1.47. The predicted octanol–water partition coefficient (Wildman–Crippen LogP) is 1.42. The zero-order chi connectivity index (χ0) is 12.1. The van der Waals surface area contributed by atoms with Crippen molar-refractivity contribution >= 4 is 18.3 Å². The number of rotatable bonds is 4. The monoisotopic (exact) mass is 258 g/mol. The highest BCUT2D eigenvalue weighted by Crippen LogP contribution is 2.13. The molecule has 0 aliphatic rings. The summed E-state index contributed by atoms with van der Waals surface area (Å²) in [4.78, 5) is 13.2. The van der Waals surface area contributed by atoms with Gasteiger partial charge in [0.25, 0.3) is 0 Å². The smallest absolute Gasteiger partial charge is 0.239 e. The highest BCUT2D eigenvalue weighted by molar-refractivity contribution is 5.85. The van der Waals surface area contributed by atoms with Crippen LogP contribution in [0.5, 0.6) is 5.75 Å². The van der Waals surface area contributed by atoms with Gasteiger partial charge >= 0.3 is 0 Å². The number of hydrogen-bond donors (Lipinski definition) is 1. The quantitative estimate of drug-likeness (QED) is 0.889. The molecule has 1 amide bonds. The Morgan fingerprint density at radius 2 is 2.18 bits per heavy atom. The first-order chi connectivity index (χ1) is 7.54. The van der Waals surface area contributed by atoms with Gasteiger partial charge in [-0.2, -0.15) is 0 Å². The summed E-state index contributed by atoms with van der Waals surface area (Å²) >= 11 is 0. The Labute approximate surface area is 108 Å². The van der Waals surface area contributed by atoms with E-state index >= 15 is 0 Å². The van der Waals surface area contributed by atoms with Gasteiger partial charge in [0.2, 0.25) is 5.91 Å². The van der Waals surface area contributed by atoms with Gasteiger partial charge in [0.1, 0.15) is 5.75 Å². The molecular formula is C12H19ClN2O2. The van der Waals surface area contributed by atoms with Crippen LogP contribution in [0.1, 0.15) is 12.5 Å². The lowest BCUT2D eigenvalue weighted by Crippen LogP contribution is -2.39. The van der Waals surface area contributed by atoms with Gasteiger partial charge in [0.05, 0.1) is 13.2 Å². The second-order valence-electron chi connectivity index (χ2n) is 3.83. The maximum Gasteiger partial charge on any atom is 0.239 e. The number of ether oxygens (including phenoxy) is 1. The van der Waals surface area contributed by atoms with E-state index in [1.807, 2.05) is 24.3 Å². The minimum atomic E-state index is -0.462. The van der Waals surface area contributed by atoms with Crippen LogP contribution in [-0.4, -0.2) is 31.0 Å². The Morgan fingerprint density at radius 3 is 2.71 bits per heavy atom. The van der Waals surface area contributed by atoms with Gasteiger partial charge < -0.3 is 15.4 Å². The van der Waals surface area contributed by atoms with E-state index in [2.05, 4.69) is 0 Å². The molecule has 0 saturated carbocycles. The molecule has 1 aromatic carbocycles. The van der Waals surface area contributed by atoms with E-state index in [0.717, 1.165) is 11.3 Å². The van der Waals surface area contributed by atoms with E-state index in [4.69, 9.17) is 10.5 Å². The average molecular weight is 259 g/mol. The van der Waals surface area contributed by atoms with Crippen molar-refractivity contribution in [1.82, 2.24) is 4.90 Å². The Hall–Kier alpha value is -1.26. The molecule has 1 aromatic rings. The van der Waals surface area contributed by atoms with Crippen molar-refractivity contribution in [2.75, 3.05) is 14.2 Å². The third kappa shape index (κ3) is 4.63. The molecule has 0 radical (unpaired) electrons. The lowest BCUT2D eigenvalue weighted by Gasteiger charge is -2.19. The lowest BCUT2D eigenvalue weighted by atomic mass is 10.2. The molecule has 0 fully saturated rings. The summed E-state index contributed by atoms with van der Waals surface area (Å²) in [6.45, 7) is 2.22. The van der Waals surface area contributed by atoms with Gasteiger partial charge in [0, 0.05) is 13.6 Å². The van der Waals surface area contributed by atoms with E-state index < -0.39 is 6.04 Å². The number of benzene rings is 1. The van der Waals surface area contributed by atoms with Gasteiger partial charge in [0.15, 0.2) is 0 Å². The van der Waals surface area contributed by atoms with Gasteiger partial charge in [-0.1, -0.05) is 12.1 Å². The van der Waals surface area contributed by atoms with Crippen LogP contribution < -0.4 is 10.5 Å². The van der Waals surface area contributed by atoms with Crippen molar-refractivity contribution in [1.29, 1.82) is 0 Å². The molecule has 96 valence electrons. The van der Waals surface area contributed by atoms with Crippen LogP contribution in [0.15, 0.2) is 24.3 Å². The fraction of sp³-hybridized carbons (Fsp3) is 0.417. The summed E-state index contributed by atoms with van der Waals surface area (Å²) < 4.78 is 5.12. The van der Waals surface area contributed by atoms with E-state index in [9.17, 15) is 4.79 Å². The van der Waals surface area contributed by atoms with Gasteiger partial charge in [-0.15, -0.1) is 12.4 Å². The van der Waals surface area contributed by atoms with Gasteiger partial charge in [-0.05, 0) is 24.6 Å². The van der Waals surface area contributed by atoms with Crippen LogP contribution in [0, 0.1) is 0 Å². The third-order valence-corrected chi connectivity index (χ3v) is 2.32. The molecule has 5 heteroatoms. The van der Waals surface area contributed by atoms with E-state index in [0.29, 0.717) is 6.54 Å². The number of nitrogens with two attached hydrogens (primary N) is 1. The Balaban J connectivity index is 0.00000256. The van der Waals surface area contributed by atoms with E-state index in [-0.39, 0.29) is 18.3 Å². The maximum atomic E-state index is 11.6. The van der Waals surface area contributed by atoms with Crippen LogP contribution in [0.2, 0.25) is 0 Å². The lowest BCUT2D eigenvalue weighted by molar-refractivity contribution is -0.131. The first-order valence-corrected chi connectivity index (χ1v) is 5.18. The van der Waals surface area contributed by atoms with Crippen molar-refractivity contribution in [3.05, 3.63) is 29.8 Å². The second-order valence-corrected chi connectivity index (χ2v) is 3.83. The Kier molecular flexibility index (Phi) is 6.61. The summed E-state index contributed by atoms with van der Waals surface area (Å²) in [5, 5.41) is 0. The number of methoxy groups -OCH3 is 1. The van der Waals surface area contributed by atoms with Crippen LogP contribution in [0.25, 0.3) is 0 Å². The Morgan fingerprint density at radius 1 is 1.53 bits per heavy atom. The first kappa shape index (κ1) is 15.7. The summed E-state index contributed by atoms with van der Waals surface area (Å²) in [7, 11) is 3.36. The predicted molar refractivity (Wildman–Crippen MR) is 70.4 cm³/mol. The normalized spacial score (nSPS) is 11.3. The molecule has 2 N–H and O–H groups in total. The van der Waals surface area contributed by atoms with Crippen molar-refractivity contribution in [3.63, 3.8) is 0 Å². The molecule has 0 heterocycles. The largest absolute Gasteiger partial charge is 0.497 e. The minimum absolute atomic E-state index is 0. The topological polar surface area (TPSA) is 55.6 Å². The van der Waals surface area contributed by atoms with E-state index in [1.165, 1.54) is 0 Å². The zero-order valence-electron chi connectivity index (χ0n) is 10.3. The number of nitrogens with zero attached hydrogens (tertiary/aromatic N) is 1. The number of likely N-dealkylation sites (N-methyl/N-ethyl adjacent to an activating group) is 1. The van der Waals surface area contributed by atoms with Crippen molar-refractivity contribution < 1.29 is 9.53 Å². The van der Waals surface area contributed by atoms with Crippen LogP contribution in [0.3, 0.4) is 0 Å². The fourth-order valence-electron chi connectivity index (χ4n) is 1.47. The van der Waals surface area contributed by atoms with Crippen LogP contribution in [-0.2, 0) is 11.3 Å². The molecule has 1 rings (SSSR count). The van der Waals surface area contributed by atoms with Crippen LogP contribution >= 0.6 is 12.4 Å². The molecule has 0 aliphatic carbocycles. The summed E-state index contributed by atoms with van der Waals surface area (Å²) in [5.41, 5.74) is 6.55. The average Bonchev–Trinajstić information content (AvgIpc) is 2.28. The molecule has 17 heavy (non-hydrogen) atoms. The summed E-state index contributed by atoms with van der Waals surface area (Å²) in [6.07, 6.45) is 0. The molecule has 1 atom stereocenters. The number of halogens is 1. The van der Waals surface area contributed by atoms with Crippen molar-refractivity contribution in [2.24, 2.45) is 5.73 Å². The van der Waals surface area contributed by atoms with Crippen molar-refractivity contribution in [3.8, 4) is 5.75 Å². The highest BCUT2D eigenvalue weighted by Gasteiger charge is 2.13. The number of amides is 1. The number of carbonyl (C=O) groups is 1. The maximum absolute atomic E-state index is 11.6. The SMILES string of the molecule is COc1cccc(CN(C)C(=O)C(C)N)c1.Cl. The summed E-state index contributed by atoms with van der Waals surface area (Å²) in [6, 6.07) is 7.17. The summed E-state index contributed by atoms with van der Waals surface area (Å²) in [5.74, 6) is 0.724. The molecule has 1 unspecified atom stereocenters. The molecule has 0 bridgehead atoms. The molecule has 4 nitrogen and oxygen atoms in total. The highest BCUT2D eigenvalue weighted by atomic mass is 35.5. The molecule has 0 aliphatic heterocycles. The zero-order valence-corrected chi connectivity index (χ0v) is 11.2.